The van der Waals surface area contributed by atoms with Gasteiger partial charge in [0.2, 0.25) is 11.7 Å². The molecule has 0 spiro atoms. The molecule has 0 unspecified atom stereocenters. The van der Waals surface area contributed by atoms with E-state index >= 15 is 0 Å². The maximum absolute atomic E-state index is 12.1. The van der Waals surface area contributed by atoms with Crippen molar-refractivity contribution in [2.45, 2.75) is 57.4 Å². The minimum Gasteiger partial charge on any atom is -0.484 e. The summed E-state index contributed by atoms with van der Waals surface area (Å²) in [6.45, 7) is 2.00. The number of amides is 1. The summed E-state index contributed by atoms with van der Waals surface area (Å²) in [6, 6.07) is 9.42. The molecule has 0 saturated heterocycles. The molecular formula is C20H24N4O3. The maximum Gasteiger partial charge on any atom is 0.259 e. The number of nitriles is 1. The zero-order valence-corrected chi connectivity index (χ0v) is 15.5. The fourth-order valence-corrected chi connectivity index (χ4v) is 3.20. The molecule has 0 radical (unpaired) electrons. The Morgan fingerprint density at radius 2 is 2.07 bits per heavy atom. The Hall–Kier alpha value is -2.88. The average molecular weight is 368 g/mol. The van der Waals surface area contributed by atoms with Gasteiger partial charge in [-0.15, -0.1) is 0 Å². The van der Waals surface area contributed by atoms with Crippen LogP contribution in [0.3, 0.4) is 0 Å². The molecule has 7 nitrogen and oxygen atoms in total. The van der Waals surface area contributed by atoms with Crippen molar-refractivity contribution in [3.05, 3.63) is 30.2 Å². The third kappa shape index (κ3) is 4.85. The van der Waals surface area contributed by atoms with Crippen molar-refractivity contribution in [3.63, 3.8) is 0 Å². The Kier molecular flexibility index (Phi) is 6.07. The third-order valence-corrected chi connectivity index (χ3v) is 4.74. The van der Waals surface area contributed by atoms with Gasteiger partial charge in [-0.25, -0.2) is 0 Å². The van der Waals surface area contributed by atoms with E-state index in [4.69, 9.17) is 9.26 Å². The van der Waals surface area contributed by atoms with Gasteiger partial charge >= 0.3 is 0 Å². The van der Waals surface area contributed by atoms with Gasteiger partial charge in [-0.1, -0.05) is 18.5 Å². The first-order valence-corrected chi connectivity index (χ1v) is 9.42. The van der Waals surface area contributed by atoms with E-state index in [2.05, 4.69) is 28.5 Å². The summed E-state index contributed by atoms with van der Waals surface area (Å²) in [5.41, 5.74) is 0.103. The molecule has 1 amide bonds. The van der Waals surface area contributed by atoms with Crippen LogP contribution in [-0.2, 0) is 11.2 Å². The van der Waals surface area contributed by atoms with E-state index in [1.54, 1.807) is 12.1 Å². The molecule has 2 aromatic rings. The molecule has 1 aliphatic carbocycles. The highest BCUT2D eigenvalue weighted by atomic mass is 16.5. The summed E-state index contributed by atoms with van der Waals surface area (Å²) in [7, 11) is 0. The predicted octanol–water partition coefficient (Wildman–Crippen LogP) is 3.41. The van der Waals surface area contributed by atoms with Crippen LogP contribution in [0.25, 0.3) is 11.4 Å². The number of nitrogens with zero attached hydrogens (tertiary/aromatic N) is 3. The van der Waals surface area contributed by atoms with E-state index in [0.29, 0.717) is 30.3 Å². The Balaban J connectivity index is 1.52. The first-order chi connectivity index (χ1) is 13.1. The van der Waals surface area contributed by atoms with E-state index in [0.717, 1.165) is 37.7 Å². The van der Waals surface area contributed by atoms with E-state index in [-0.39, 0.29) is 12.5 Å². The van der Waals surface area contributed by atoms with E-state index < -0.39 is 5.54 Å². The van der Waals surface area contributed by atoms with Gasteiger partial charge in [-0.05, 0) is 56.4 Å². The number of benzene rings is 1. The van der Waals surface area contributed by atoms with Gasteiger partial charge in [-0.3, -0.25) is 4.79 Å². The lowest BCUT2D eigenvalue weighted by Gasteiger charge is -2.21. The third-order valence-electron chi connectivity index (χ3n) is 4.74. The van der Waals surface area contributed by atoms with Crippen LogP contribution in [0, 0.1) is 11.3 Å². The Morgan fingerprint density at radius 1 is 1.33 bits per heavy atom. The van der Waals surface area contributed by atoms with Gasteiger partial charge < -0.3 is 14.6 Å². The van der Waals surface area contributed by atoms with E-state index in [9.17, 15) is 10.1 Å². The number of hydrogen-bond acceptors (Lipinski definition) is 6. The number of hydrogen-bond donors (Lipinski definition) is 1. The van der Waals surface area contributed by atoms with Crippen molar-refractivity contribution in [2.75, 3.05) is 6.61 Å². The fraction of sp³-hybridized carbons (Fsp3) is 0.500. The summed E-state index contributed by atoms with van der Waals surface area (Å²) in [5, 5.41) is 16.1. The van der Waals surface area contributed by atoms with E-state index in [1.165, 1.54) is 0 Å². The zero-order chi connectivity index (χ0) is 19.1. The fourth-order valence-electron chi connectivity index (χ4n) is 3.20. The number of aromatic nitrogens is 2. The van der Waals surface area contributed by atoms with Crippen LogP contribution in [0.4, 0.5) is 0 Å². The number of rotatable bonds is 8. The van der Waals surface area contributed by atoms with Crippen molar-refractivity contribution in [1.29, 1.82) is 5.26 Å². The minimum atomic E-state index is -0.724. The highest BCUT2D eigenvalue weighted by Crippen LogP contribution is 2.28. The van der Waals surface area contributed by atoms with Gasteiger partial charge in [0.15, 0.2) is 6.61 Å². The summed E-state index contributed by atoms with van der Waals surface area (Å²) in [4.78, 5) is 16.5. The molecular weight excluding hydrogens is 344 g/mol. The molecule has 0 bridgehead atoms. The molecule has 0 atom stereocenters. The van der Waals surface area contributed by atoms with E-state index in [1.807, 2.05) is 12.1 Å². The number of aryl methyl sites for hydroxylation is 1. The number of carbonyl (C=O) groups is 1. The predicted molar refractivity (Wildman–Crippen MR) is 98.8 cm³/mol. The van der Waals surface area contributed by atoms with Gasteiger partial charge in [0.1, 0.15) is 11.3 Å². The standard InChI is InChI=1S/C20H24N4O3/c1-2-3-6-18-22-19(24-27-18)15-7-9-16(10-8-15)26-13-17(25)23-20(14-21)11-4-5-12-20/h7-10H,2-6,11-13H2,1H3,(H,23,25). The average Bonchev–Trinajstić information content (AvgIpc) is 3.35. The van der Waals surface area contributed by atoms with Crippen LogP contribution in [0.15, 0.2) is 28.8 Å². The SMILES string of the molecule is CCCCc1nc(-c2ccc(OCC(=O)NC3(C#N)CCCC3)cc2)no1. The molecule has 1 aromatic heterocycles. The molecule has 27 heavy (non-hydrogen) atoms. The van der Waals surface area contributed by atoms with Crippen LogP contribution in [0.2, 0.25) is 0 Å². The number of carbonyl (C=O) groups excluding carboxylic acids is 1. The van der Waals surface area contributed by atoms with Gasteiger partial charge in [-0.2, -0.15) is 10.2 Å². The van der Waals surface area contributed by atoms with Gasteiger partial charge in [0.05, 0.1) is 6.07 Å². The number of ether oxygens (including phenoxy) is 1. The van der Waals surface area contributed by atoms with Gasteiger partial charge in [0, 0.05) is 12.0 Å². The number of nitrogens with one attached hydrogen (secondary N) is 1. The highest BCUT2D eigenvalue weighted by Gasteiger charge is 2.35. The molecule has 3 rings (SSSR count). The largest absolute Gasteiger partial charge is 0.484 e. The monoisotopic (exact) mass is 368 g/mol. The summed E-state index contributed by atoms with van der Waals surface area (Å²) in [5.74, 6) is 1.48. The number of unbranched alkanes of at least 4 members (excludes halogenated alkanes) is 1. The lowest BCUT2D eigenvalue weighted by atomic mass is 10.00. The van der Waals surface area contributed by atoms with Crippen LogP contribution in [0.5, 0.6) is 5.75 Å². The second-order valence-electron chi connectivity index (χ2n) is 6.88. The second-order valence-corrected chi connectivity index (χ2v) is 6.88. The summed E-state index contributed by atoms with van der Waals surface area (Å²) >= 11 is 0. The molecule has 1 aromatic carbocycles. The van der Waals surface area contributed by atoms with Crippen molar-refractivity contribution >= 4 is 5.91 Å². The Morgan fingerprint density at radius 3 is 2.74 bits per heavy atom. The first kappa shape index (κ1) is 18.9. The molecule has 1 aliphatic rings. The quantitative estimate of drug-likeness (QED) is 0.766. The van der Waals surface area contributed by atoms with Crippen LogP contribution in [-0.4, -0.2) is 28.2 Å². The normalized spacial score (nSPS) is 15.3. The lowest BCUT2D eigenvalue weighted by molar-refractivity contribution is -0.124. The smallest absolute Gasteiger partial charge is 0.259 e. The topological polar surface area (TPSA) is 101 Å². The molecule has 7 heteroatoms. The first-order valence-electron chi connectivity index (χ1n) is 9.42. The second kappa shape index (κ2) is 8.67. The van der Waals surface area contributed by atoms with Crippen molar-refractivity contribution in [2.24, 2.45) is 0 Å². The molecule has 142 valence electrons. The van der Waals surface area contributed by atoms with Crippen LogP contribution >= 0.6 is 0 Å². The van der Waals surface area contributed by atoms with Crippen molar-refractivity contribution in [1.82, 2.24) is 15.5 Å². The molecule has 1 fully saturated rings. The molecule has 0 aliphatic heterocycles. The maximum atomic E-state index is 12.1. The van der Waals surface area contributed by atoms with Crippen LogP contribution < -0.4 is 10.1 Å². The summed E-state index contributed by atoms with van der Waals surface area (Å²) < 4.78 is 10.8. The highest BCUT2D eigenvalue weighted by molar-refractivity contribution is 5.79. The van der Waals surface area contributed by atoms with Crippen molar-refractivity contribution in [3.8, 4) is 23.2 Å². The van der Waals surface area contributed by atoms with Crippen molar-refractivity contribution < 1.29 is 14.1 Å². The van der Waals surface area contributed by atoms with Gasteiger partial charge in [0.25, 0.3) is 5.91 Å². The lowest BCUT2D eigenvalue weighted by Crippen LogP contribution is -2.47. The Bertz CT molecular complexity index is 801. The molecule has 1 saturated carbocycles. The molecule has 1 heterocycles. The minimum absolute atomic E-state index is 0.119. The zero-order valence-electron chi connectivity index (χ0n) is 15.5. The Labute approximate surface area is 158 Å². The summed E-state index contributed by atoms with van der Waals surface area (Å²) in [6.07, 6.45) is 6.21. The molecule has 1 N–H and O–H groups in total. The van der Waals surface area contributed by atoms with Crippen LogP contribution in [0.1, 0.15) is 51.3 Å².